The quantitative estimate of drug-likeness (QED) is 0.287. The number of imidazole rings is 2. The summed E-state index contributed by atoms with van der Waals surface area (Å²) in [6.07, 6.45) is -9.31. The van der Waals surface area contributed by atoms with Gasteiger partial charge in [0, 0.05) is 30.1 Å². The van der Waals surface area contributed by atoms with Gasteiger partial charge in [-0.1, -0.05) is 6.92 Å². The predicted molar refractivity (Wildman–Crippen MR) is 107 cm³/mol. The van der Waals surface area contributed by atoms with Gasteiger partial charge in [-0.3, -0.25) is 0 Å². The Morgan fingerprint density at radius 3 is 2.22 bits per heavy atom. The SMILES string of the molecule is CCSc1cc2c(cc1-c1nc3cc(C(F)(F)F)nnc3n1C)nc(C(F)(F)F)n2CC. The van der Waals surface area contributed by atoms with Crippen LogP contribution >= 0.6 is 11.8 Å². The average Bonchev–Trinajstić information content (AvgIpc) is 3.24. The van der Waals surface area contributed by atoms with E-state index >= 15 is 0 Å². The van der Waals surface area contributed by atoms with Crippen molar-refractivity contribution >= 4 is 34.0 Å². The molecular weight excluding hydrogens is 458 g/mol. The van der Waals surface area contributed by atoms with Crippen molar-refractivity contribution < 1.29 is 26.3 Å². The molecule has 0 fully saturated rings. The maximum atomic E-state index is 13.5. The average molecular weight is 474 g/mol. The summed E-state index contributed by atoms with van der Waals surface area (Å²) in [5, 5.41) is 6.88. The van der Waals surface area contributed by atoms with E-state index in [-0.39, 0.29) is 29.0 Å². The molecule has 6 nitrogen and oxygen atoms in total. The summed E-state index contributed by atoms with van der Waals surface area (Å²) in [6.45, 7) is 3.55. The van der Waals surface area contributed by atoms with Gasteiger partial charge >= 0.3 is 12.4 Å². The molecule has 32 heavy (non-hydrogen) atoms. The number of alkyl halides is 6. The topological polar surface area (TPSA) is 61.4 Å². The molecule has 0 aliphatic carbocycles. The number of rotatable bonds is 4. The first-order valence-corrected chi connectivity index (χ1v) is 10.5. The molecule has 0 spiro atoms. The molecule has 0 bridgehead atoms. The number of thioether (sulfide) groups is 1. The van der Waals surface area contributed by atoms with Crippen LogP contribution in [-0.2, 0) is 25.9 Å². The zero-order valence-corrected chi connectivity index (χ0v) is 17.8. The molecule has 0 amide bonds. The van der Waals surface area contributed by atoms with E-state index in [0.29, 0.717) is 21.7 Å². The molecule has 0 N–H and O–H groups in total. The van der Waals surface area contributed by atoms with Gasteiger partial charge in [0.2, 0.25) is 5.82 Å². The van der Waals surface area contributed by atoms with E-state index in [1.165, 1.54) is 22.4 Å². The summed E-state index contributed by atoms with van der Waals surface area (Å²) in [5.41, 5.74) is -0.193. The second kappa shape index (κ2) is 7.64. The van der Waals surface area contributed by atoms with Crippen molar-refractivity contribution in [3.8, 4) is 11.4 Å². The normalized spacial score (nSPS) is 12.9. The van der Waals surface area contributed by atoms with E-state index in [4.69, 9.17) is 0 Å². The lowest BCUT2D eigenvalue weighted by Crippen LogP contribution is -2.14. The summed E-state index contributed by atoms with van der Waals surface area (Å²) < 4.78 is 82.0. The van der Waals surface area contributed by atoms with Crippen LogP contribution in [0.1, 0.15) is 25.4 Å². The van der Waals surface area contributed by atoms with Crippen LogP contribution in [0.4, 0.5) is 26.3 Å². The fourth-order valence-corrected chi connectivity index (χ4v) is 4.32. The highest BCUT2D eigenvalue weighted by molar-refractivity contribution is 7.99. The smallest absolute Gasteiger partial charge is 0.321 e. The van der Waals surface area contributed by atoms with Gasteiger partial charge in [-0.25, -0.2) is 9.97 Å². The van der Waals surface area contributed by atoms with Crippen LogP contribution in [0.15, 0.2) is 23.1 Å². The summed E-state index contributed by atoms with van der Waals surface area (Å²) in [4.78, 5) is 8.71. The minimum Gasteiger partial charge on any atom is -0.321 e. The lowest BCUT2D eigenvalue weighted by atomic mass is 10.2. The van der Waals surface area contributed by atoms with Gasteiger partial charge in [-0.05, 0) is 24.8 Å². The Labute approximate surface area is 181 Å². The van der Waals surface area contributed by atoms with Gasteiger partial charge in [-0.15, -0.1) is 22.0 Å². The van der Waals surface area contributed by atoms with Crippen LogP contribution < -0.4 is 0 Å². The predicted octanol–water partition coefficient (Wildman–Crippen LogP) is 5.55. The molecule has 3 heterocycles. The molecule has 0 saturated heterocycles. The van der Waals surface area contributed by atoms with Gasteiger partial charge in [0.15, 0.2) is 11.3 Å². The molecule has 170 valence electrons. The van der Waals surface area contributed by atoms with Gasteiger partial charge in [0.05, 0.1) is 11.0 Å². The molecule has 0 radical (unpaired) electrons. The van der Waals surface area contributed by atoms with E-state index in [1.54, 1.807) is 20.0 Å². The summed E-state index contributed by atoms with van der Waals surface area (Å²) in [5.74, 6) is -0.135. The number of hydrogen-bond acceptors (Lipinski definition) is 5. The third-order valence-electron chi connectivity index (χ3n) is 4.87. The van der Waals surface area contributed by atoms with Crippen molar-refractivity contribution in [2.24, 2.45) is 7.05 Å². The van der Waals surface area contributed by atoms with Crippen molar-refractivity contribution in [2.45, 2.75) is 37.6 Å². The third kappa shape index (κ3) is 3.67. The number of nitrogens with zero attached hydrogens (tertiary/aromatic N) is 6. The first-order valence-electron chi connectivity index (χ1n) is 9.47. The zero-order valence-electron chi connectivity index (χ0n) is 17.0. The molecule has 1 aromatic carbocycles. The molecule has 0 unspecified atom stereocenters. The van der Waals surface area contributed by atoms with Crippen molar-refractivity contribution in [1.29, 1.82) is 0 Å². The van der Waals surface area contributed by atoms with Gasteiger partial charge in [0.1, 0.15) is 11.3 Å². The molecule has 4 aromatic rings. The molecule has 0 aliphatic rings. The maximum Gasteiger partial charge on any atom is 0.449 e. The largest absolute Gasteiger partial charge is 0.449 e. The summed E-state index contributed by atoms with van der Waals surface area (Å²) >= 11 is 1.38. The number of benzene rings is 1. The van der Waals surface area contributed by atoms with E-state index in [1.807, 2.05) is 6.92 Å². The molecular formula is C19H16F6N6S. The van der Waals surface area contributed by atoms with Crippen LogP contribution in [0.5, 0.6) is 0 Å². The zero-order chi connectivity index (χ0) is 23.4. The first-order chi connectivity index (χ1) is 15.0. The number of aryl methyl sites for hydroxylation is 2. The number of halogens is 6. The Balaban J connectivity index is 1.98. The third-order valence-corrected chi connectivity index (χ3v) is 5.80. The van der Waals surface area contributed by atoms with Crippen LogP contribution in [0.2, 0.25) is 0 Å². The summed E-state index contributed by atoms with van der Waals surface area (Å²) in [6, 6.07) is 3.88. The van der Waals surface area contributed by atoms with Gasteiger partial charge in [-0.2, -0.15) is 26.3 Å². The Hall–Kier alpha value is -2.83. The number of hydrogen-bond donors (Lipinski definition) is 0. The number of fused-ring (bicyclic) bond motifs is 2. The van der Waals surface area contributed by atoms with E-state index in [9.17, 15) is 26.3 Å². The molecule has 13 heteroatoms. The van der Waals surface area contributed by atoms with Crippen LogP contribution in [0, 0.1) is 0 Å². The molecule has 3 aromatic heterocycles. The van der Waals surface area contributed by atoms with Crippen molar-refractivity contribution in [1.82, 2.24) is 29.3 Å². The molecule has 0 atom stereocenters. The second-order valence-electron chi connectivity index (χ2n) is 6.88. The van der Waals surface area contributed by atoms with E-state index < -0.39 is 23.9 Å². The lowest BCUT2D eigenvalue weighted by molar-refractivity contribution is -0.146. The van der Waals surface area contributed by atoms with Crippen molar-refractivity contribution in [3.05, 3.63) is 29.7 Å². The first kappa shape index (κ1) is 22.4. The molecule has 0 saturated carbocycles. The minimum absolute atomic E-state index is 0.0209. The van der Waals surface area contributed by atoms with E-state index in [2.05, 4.69) is 20.2 Å². The minimum atomic E-state index is -4.68. The van der Waals surface area contributed by atoms with Crippen LogP contribution in [0.25, 0.3) is 33.6 Å². The molecule has 0 aliphatic heterocycles. The second-order valence-corrected chi connectivity index (χ2v) is 8.18. The number of aromatic nitrogens is 6. The summed E-state index contributed by atoms with van der Waals surface area (Å²) in [7, 11) is 1.56. The highest BCUT2D eigenvalue weighted by atomic mass is 32.2. The Bertz CT molecular complexity index is 1320. The standard InChI is InChI=1S/C19H16F6N6S/c1-4-31-12-8-13(32-5-2)9(6-10(12)27-17(31)19(23,24)25)15-26-11-7-14(18(20,21)22)28-29-16(11)30(15)3/h6-8H,4-5H2,1-3H3. The van der Waals surface area contributed by atoms with E-state index in [0.717, 1.165) is 10.6 Å². The highest BCUT2D eigenvalue weighted by Crippen LogP contribution is 2.38. The maximum absolute atomic E-state index is 13.5. The van der Waals surface area contributed by atoms with Crippen molar-refractivity contribution in [3.63, 3.8) is 0 Å². The van der Waals surface area contributed by atoms with Gasteiger partial charge < -0.3 is 9.13 Å². The van der Waals surface area contributed by atoms with Crippen molar-refractivity contribution in [2.75, 3.05) is 5.75 Å². The Morgan fingerprint density at radius 1 is 0.906 bits per heavy atom. The monoisotopic (exact) mass is 474 g/mol. The Kier molecular flexibility index (Phi) is 5.34. The highest BCUT2D eigenvalue weighted by Gasteiger charge is 2.38. The fraction of sp³-hybridized carbons (Fsp3) is 0.368. The lowest BCUT2D eigenvalue weighted by Gasteiger charge is -2.11. The fourth-order valence-electron chi connectivity index (χ4n) is 3.50. The van der Waals surface area contributed by atoms with Crippen LogP contribution in [-0.4, -0.2) is 35.1 Å². The molecule has 4 rings (SSSR count). The Morgan fingerprint density at radius 2 is 1.62 bits per heavy atom. The van der Waals surface area contributed by atoms with Gasteiger partial charge in [0.25, 0.3) is 0 Å². The van der Waals surface area contributed by atoms with Crippen LogP contribution in [0.3, 0.4) is 0 Å².